The zero-order valence-corrected chi connectivity index (χ0v) is 11.7. The number of amides is 1. The van der Waals surface area contributed by atoms with Gasteiger partial charge in [-0.25, -0.2) is 23.5 Å². The summed E-state index contributed by atoms with van der Waals surface area (Å²) in [5.74, 6) is -0.422. The summed E-state index contributed by atoms with van der Waals surface area (Å²) in [6.45, 7) is 1.51. The fourth-order valence-corrected chi connectivity index (χ4v) is 3.29. The van der Waals surface area contributed by atoms with Crippen LogP contribution in [0, 0.1) is 6.92 Å². The van der Waals surface area contributed by atoms with Crippen molar-refractivity contribution < 1.29 is 13.2 Å². The second-order valence-corrected chi connectivity index (χ2v) is 6.54. The summed E-state index contributed by atoms with van der Waals surface area (Å²) in [6.07, 6.45) is 2.88. The molecule has 0 fully saturated rings. The Morgan fingerprint density at radius 1 is 1.53 bits per heavy atom. The Bertz CT molecular complexity index is 731. The SMILES string of the molecule is Cc1nc(NC(=O)c2cncn2C)sc1S(N)(=O)=O. The van der Waals surface area contributed by atoms with Gasteiger partial charge in [-0.3, -0.25) is 10.1 Å². The van der Waals surface area contributed by atoms with Gasteiger partial charge in [-0.1, -0.05) is 11.3 Å². The second-order valence-electron chi connectivity index (χ2n) is 3.78. The number of imidazole rings is 1. The third kappa shape index (κ3) is 2.80. The highest BCUT2D eigenvalue weighted by molar-refractivity contribution is 7.91. The highest BCUT2D eigenvalue weighted by atomic mass is 32.2. The molecule has 3 N–H and O–H groups in total. The largest absolute Gasteiger partial charge is 0.330 e. The van der Waals surface area contributed by atoms with Crippen LogP contribution in [0.1, 0.15) is 16.2 Å². The van der Waals surface area contributed by atoms with Crippen LogP contribution in [0.25, 0.3) is 0 Å². The van der Waals surface area contributed by atoms with Gasteiger partial charge in [0.15, 0.2) is 9.34 Å². The number of aryl methyl sites for hydroxylation is 2. The molecule has 0 aliphatic carbocycles. The molecule has 102 valence electrons. The molecule has 1 amide bonds. The number of hydrogen-bond donors (Lipinski definition) is 2. The van der Waals surface area contributed by atoms with Crippen LogP contribution in [0.3, 0.4) is 0 Å². The molecule has 0 unspecified atom stereocenters. The minimum Gasteiger partial charge on any atom is -0.330 e. The molecule has 8 nitrogen and oxygen atoms in total. The summed E-state index contributed by atoms with van der Waals surface area (Å²) in [7, 11) is -2.15. The van der Waals surface area contributed by atoms with Gasteiger partial charge in [0.05, 0.1) is 18.2 Å². The van der Waals surface area contributed by atoms with Crippen molar-refractivity contribution in [2.45, 2.75) is 11.1 Å². The Morgan fingerprint density at radius 3 is 2.68 bits per heavy atom. The first-order chi connectivity index (χ1) is 8.79. The molecule has 2 heterocycles. The van der Waals surface area contributed by atoms with Crippen molar-refractivity contribution in [2.75, 3.05) is 5.32 Å². The van der Waals surface area contributed by atoms with Gasteiger partial charge in [-0.2, -0.15) is 0 Å². The standard InChI is InChI=1S/C9H11N5O3S2/c1-5-8(19(10,16)17)18-9(12-5)13-7(15)6-3-11-4-14(6)2/h3-4H,1-2H3,(H2,10,16,17)(H,12,13,15). The van der Waals surface area contributed by atoms with Gasteiger partial charge in [0.1, 0.15) is 5.69 Å². The molecule has 0 aromatic carbocycles. The van der Waals surface area contributed by atoms with Crippen molar-refractivity contribution >= 4 is 32.4 Å². The summed E-state index contributed by atoms with van der Waals surface area (Å²) in [6, 6.07) is 0. The minimum absolute atomic E-state index is 0.0622. The number of hydrogen-bond acceptors (Lipinski definition) is 6. The topological polar surface area (TPSA) is 120 Å². The Labute approximate surface area is 113 Å². The quantitative estimate of drug-likeness (QED) is 0.832. The molecule has 10 heteroatoms. The summed E-state index contributed by atoms with van der Waals surface area (Å²) < 4.78 is 24.0. The van der Waals surface area contributed by atoms with Crippen LogP contribution < -0.4 is 10.5 Å². The van der Waals surface area contributed by atoms with E-state index in [1.807, 2.05) is 0 Å². The lowest BCUT2D eigenvalue weighted by Crippen LogP contribution is -2.15. The molecule has 0 aliphatic rings. The number of thiazole rings is 1. The van der Waals surface area contributed by atoms with Gasteiger partial charge in [-0.05, 0) is 6.92 Å². The predicted molar refractivity (Wildman–Crippen MR) is 69.4 cm³/mol. The van der Waals surface area contributed by atoms with Crippen LogP contribution >= 0.6 is 11.3 Å². The summed E-state index contributed by atoms with van der Waals surface area (Å²) >= 11 is 0.812. The molecule has 2 rings (SSSR count). The number of sulfonamides is 1. The fourth-order valence-electron chi connectivity index (χ4n) is 1.44. The van der Waals surface area contributed by atoms with E-state index in [0.29, 0.717) is 5.69 Å². The highest BCUT2D eigenvalue weighted by Gasteiger charge is 2.19. The fraction of sp³-hybridized carbons (Fsp3) is 0.222. The molecule has 0 atom stereocenters. The van der Waals surface area contributed by atoms with Crippen molar-refractivity contribution in [3.05, 3.63) is 23.9 Å². The van der Waals surface area contributed by atoms with Crippen LogP contribution in [-0.4, -0.2) is 28.9 Å². The zero-order chi connectivity index (χ0) is 14.2. The monoisotopic (exact) mass is 301 g/mol. The second kappa shape index (κ2) is 4.72. The van der Waals surface area contributed by atoms with E-state index in [2.05, 4.69) is 15.3 Å². The molecule has 2 aromatic heterocycles. The van der Waals surface area contributed by atoms with Crippen LogP contribution in [0.15, 0.2) is 16.7 Å². The maximum Gasteiger partial charge on any atom is 0.275 e. The first-order valence-electron chi connectivity index (χ1n) is 5.07. The maximum absolute atomic E-state index is 11.9. The summed E-state index contributed by atoms with van der Waals surface area (Å²) in [5, 5.41) is 7.72. The van der Waals surface area contributed by atoms with Gasteiger partial charge in [0.2, 0.25) is 10.0 Å². The molecule has 0 saturated heterocycles. The van der Waals surface area contributed by atoms with E-state index in [1.165, 1.54) is 24.0 Å². The first kappa shape index (κ1) is 13.6. The zero-order valence-electron chi connectivity index (χ0n) is 10.1. The number of rotatable bonds is 3. The van der Waals surface area contributed by atoms with E-state index in [4.69, 9.17) is 5.14 Å². The third-order valence-corrected chi connectivity index (χ3v) is 4.91. The summed E-state index contributed by atoms with van der Waals surface area (Å²) in [4.78, 5) is 19.7. The van der Waals surface area contributed by atoms with Crippen molar-refractivity contribution in [1.29, 1.82) is 0 Å². The Kier molecular flexibility index (Phi) is 3.39. The average molecular weight is 301 g/mol. The van der Waals surface area contributed by atoms with Gasteiger partial charge < -0.3 is 4.57 Å². The minimum atomic E-state index is -3.82. The van der Waals surface area contributed by atoms with Crippen LogP contribution in [0.2, 0.25) is 0 Å². The lowest BCUT2D eigenvalue weighted by Gasteiger charge is -2.01. The number of nitrogens with zero attached hydrogens (tertiary/aromatic N) is 3. The first-order valence-corrected chi connectivity index (χ1v) is 7.43. The van der Waals surface area contributed by atoms with E-state index in [1.54, 1.807) is 7.05 Å². The van der Waals surface area contributed by atoms with Crippen LogP contribution in [-0.2, 0) is 17.1 Å². The molecule has 19 heavy (non-hydrogen) atoms. The third-order valence-electron chi connectivity index (χ3n) is 2.28. The molecular formula is C9H11N5O3S2. The van der Waals surface area contributed by atoms with E-state index in [-0.39, 0.29) is 15.0 Å². The van der Waals surface area contributed by atoms with Crippen molar-refractivity contribution in [3.8, 4) is 0 Å². The van der Waals surface area contributed by atoms with E-state index in [0.717, 1.165) is 11.3 Å². The number of carbonyl (C=O) groups is 1. The molecular weight excluding hydrogens is 290 g/mol. The number of nitrogens with two attached hydrogens (primary N) is 1. The molecule has 0 saturated carbocycles. The van der Waals surface area contributed by atoms with Gasteiger partial charge >= 0.3 is 0 Å². The number of nitrogens with one attached hydrogen (secondary N) is 1. The van der Waals surface area contributed by atoms with Gasteiger partial charge in [0.25, 0.3) is 5.91 Å². The Morgan fingerprint density at radius 2 is 2.21 bits per heavy atom. The van der Waals surface area contributed by atoms with Crippen LogP contribution in [0.5, 0.6) is 0 Å². The number of carbonyl (C=O) groups excluding carboxylic acids is 1. The lowest BCUT2D eigenvalue weighted by molar-refractivity contribution is 0.101. The van der Waals surface area contributed by atoms with E-state index in [9.17, 15) is 13.2 Å². The smallest absolute Gasteiger partial charge is 0.275 e. The highest BCUT2D eigenvalue weighted by Crippen LogP contribution is 2.26. The van der Waals surface area contributed by atoms with Crippen LogP contribution in [0.4, 0.5) is 5.13 Å². The molecule has 2 aromatic rings. The molecule has 0 spiro atoms. The lowest BCUT2D eigenvalue weighted by atomic mass is 10.4. The Hall–Kier alpha value is -1.78. The van der Waals surface area contributed by atoms with E-state index >= 15 is 0 Å². The van der Waals surface area contributed by atoms with Gasteiger partial charge in [0, 0.05) is 7.05 Å². The van der Waals surface area contributed by atoms with Crippen molar-refractivity contribution in [3.63, 3.8) is 0 Å². The molecule has 0 bridgehead atoms. The number of aromatic nitrogens is 3. The maximum atomic E-state index is 11.9. The molecule has 0 aliphatic heterocycles. The van der Waals surface area contributed by atoms with E-state index < -0.39 is 15.9 Å². The number of primary sulfonamides is 1. The molecule has 0 radical (unpaired) electrons. The van der Waals surface area contributed by atoms with Gasteiger partial charge in [-0.15, -0.1) is 0 Å². The predicted octanol–water partition coefficient (Wildman–Crippen LogP) is 0.0847. The summed E-state index contributed by atoms with van der Waals surface area (Å²) in [5.41, 5.74) is 0.595. The van der Waals surface area contributed by atoms with Crippen molar-refractivity contribution in [2.24, 2.45) is 12.2 Å². The van der Waals surface area contributed by atoms with Crippen molar-refractivity contribution in [1.82, 2.24) is 14.5 Å². The normalized spacial score (nSPS) is 11.5. The Balaban J connectivity index is 2.26. The average Bonchev–Trinajstić information content (AvgIpc) is 2.83. The number of anilines is 1.